The van der Waals surface area contributed by atoms with E-state index in [1.807, 2.05) is 30.3 Å². The number of oxazole rings is 1. The molecule has 0 radical (unpaired) electrons. The van der Waals surface area contributed by atoms with Gasteiger partial charge in [-0.1, -0.05) is 18.2 Å². The minimum Gasteiger partial charge on any atom is -0.481 e. The number of amides is 1. The average molecular weight is 344 g/mol. The highest BCUT2D eigenvalue weighted by atomic mass is 16.5. The number of aromatic nitrogens is 1. The summed E-state index contributed by atoms with van der Waals surface area (Å²) in [6.45, 7) is 1.19. The summed E-state index contributed by atoms with van der Waals surface area (Å²) in [5, 5.41) is 12.1. The number of hydrogen-bond donors (Lipinski definition) is 2. The Kier molecular flexibility index (Phi) is 5.45. The summed E-state index contributed by atoms with van der Waals surface area (Å²) in [5.74, 6) is -1.62. The highest BCUT2D eigenvalue weighted by Crippen LogP contribution is 2.24. The first-order valence-corrected chi connectivity index (χ1v) is 8.25. The lowest BCUT2D eigenvalue weighted by Crippen LogP contribution is -2.39. The van der Waals surface area contributed by atoms with Gasteiger partial charge in [0.25, 0.3) is 5.91 Å². The molecule has 25 heavy (non-hydrogen) atoms. The zero-order valence-electron chi connectivity index (χ0n) is 13.7. The molecule has 1 aromatic carbocycles. The van der Waals surface area contributed by atoms with Gasteiger partial charge >= 0.3 is 5.97 Å². The summed E-state index contributed by atoms with van der Waals surface area (Å²) in [6.07, 6.45) is 2.66. The summed E-state index contributed by atoms with van der Waals surface area (Å²) in [6, 6.07) is 9.25. The van der Waals surface area contributed by atoms with E-state index in [1.54, 1.807) is 0 Å². The van der Waals surface area contributed by atoms with Crippen LogP contribution < -0.4 is 5.32 Å². The number of ether oxygens (including phenoxy) is 1. The minimum absolute atomic E-state index is 0.00346. The third-order valence-corrected chi connectivity index (χ3v) is 4.39. The molecular formula is C18H20N2O5. The van der Waals surface area contributed by atoms with E-state index in [9.17, 15) is 14.7 Å². The number of aliphatic carboxylic acids is 1. The van der Waals surface area contributed by atoms with Crippen LogP contribution in [0.3, 0.4) is 0 Å². The normalized spacial score (nSPS) is 16.3. The highest BCUT2D eigenvalue weighted by Gasteiger charge is 2.30. The molecule has 0 bridgehead atoms. The highest BCUT2D eigenvalue weighted by molar-refractivity contribution is 5.92. The molecule has 2 heterocycles. The van der Waals surface area contributed by atoms with Crippen LogP contribution in [0.15, 0.2) is 41.0 Å². The van der Waals surface area contributed by atoms with Crippen molar-refractivity contribution < 1.29 is 23.8 Å². The number of carboxylic acids is 1. The molecule has 3 rings (SSSR count). The summed E-state index contributed by atoms with van der Waals surface area (Å²) < 4.78 is 10.6. The van der Waals surface area contributed by atoms with E-state index in [1.165, 1.54) is 6.26 Å². The van der Waals surface area contributed by atoms with Crippen LogP contribution in [0.5, 0.6) is 0 Å². The van der Waals surface area contributed by atoms with Gasteiger partial charge in [-0.2, -0.15) is 0 Å². The van der Waals surface area contributed by atoms with Crippen LogP contribution in [-0.4, -0.2) is 41.7 Å². The molecule has 1 aliphatic heterocycles. The maximum atomic E-state index is 12.2. The molecular weight excluding hydrogens is 324 g/mol. The molecule has 132 valence electrons. The van der Waals surface area contributed by atoms with Crippen molar-refractivity contribution in [2.45, 2.75) is 12.8 Å². The Morgan fingerprint density at radius 3 is 2.64 bits per heavy atom. The van der Waals surface area contributed by atoms with Gasteiger partial charge in [-0.15, -0.1) is 0 Å². The third kappa shape index (κ3) is 4.24. The number of nitrogens with one attached hydrogen (secondary N) is 1. The summed E-state index contributed by atoms with van der Waals surface area (Å²) >= 11 is 0. The van der Waals surface area contributed by atoms with Crippen molar-refractivity contribution in [2.75, 3.05) is 19.8 Å². The number of benzene rings is 1. The van der Waals surface area contributed by atoms with Gasteiger partial charge in [0.1, 0.15) is 6.26 Å². The molecule has 0 spiro atoms. The van der Waals surface area contributed by atoms with Crippen molar-refractivity contribution in [2.24, 2.45) is 11.8 Å². The van der Waals surface area contributed by atoms with Crippen LogP contribution in [-0.2, 0) is 9.53 Å². The molecule has 1 saturated heterocycles. The van der Waals surface area contributed by atoms with Gasteiger partial charge in [-0.25, -0.2) is 4.98 Å². The van der Waals surface area contributed by atoms with Crippen LogP contribution >= 0.6 is 0 Å². The van der Waals surface area contributed by atoms with Gasteiger partial charge in [0.05, 0.1) is 5.92 Å². The van der Waals surface area contributed by atoms with Gasteiger partial charge in [-0.05, 0) is 30.9 Å². The molecule has 0 saturated carbocycles. The van der Waals surface area contributed by atoms with E-state index in [0.29, 0.717) is 31.9 Å². The third-order valence-electron chi connectivity index (χ3n) is 4.39. The second-order valence-electron chi connectivity index (χ2n) is 6.01. The molecule has 7 nitrogen and oxygen atoms in total. The fraction of sp³-hybridized carbons (Fsp3) is 0.389. The Morgan fingerprint density at radius 2 is 1.96 bits per heavy atom. The second-order valence-corrected chi connectivity index (χ2v) is 6.01. The van der Waals surface area contributed by atoms with Crippen LogP contribution in [0, 0.1) is 11.8 Å². The van der Waals surface area contributed by atoms with Crippen molar-refractivity contribution >= 4 is 11.9 Å². The standard InChI is InChI=1S/C18H20N2O5/c21-16(15-11-25-17(20-15)13-4-2-1-3-5-13)19-10-14(18(22)23)12-6-8-24-9-7-12/h1-5,11-12,14H,6-10H2,(H,19,21)(H,22,23). The van der Waals surface area contributed by atoms with Gasteiger partial charge in [-0.3, -0.25) is 9.59 Å². The fourth-order valence-corrected chi connectivity index (χ4v) is 2.96. The SMILES string of the molecule is O=C(NCC(C(=O)O)C1CCOCC1)c1coc(-c2ccccc2)n1. The van der Waals surface area contributed by atoms with Crippen molar-refractivity contribution in [1.82, 2.24) is 10.3 Å². The first-order chi connectivity index (χ1) is 12.1. The quantitative estimate of drug-likeness (QED) is 0.833. The predicted molar refractivity (Wildman–Crippen MR) is 88.9 cm³/mol. The van der Waals surface area contributed by atoms with E-state index < -0.39 is 17.8 Å². The molecule has 0 aliphatic carbocycles. The van der Waals surface area contributed by atoms with Crippen molar-refractivity contribution in [1.29, 1.82) is 0 Å². The molecule has 2 N–H and O–H groups in total. The molecule has 1 aromatic heterocycles. The van der Waals surface area contributed by atoms with E-state index in [2.05, 4.69) is 10.3 Å². The van der Waals surface area contributed by atoms with E-state index >= 15 is 0 Å². The molecule has 1 unspecified atom stereocenters. The smallest absolute Gasteiger partial charge is 0.308 e. The van der Waals surface area contributed by atoms with Crippen molar-refractivity contribution in [3.63, 3.8) is 0 Å². The van der Waals surface area contributed by atoms with Crippen LogP contribution in [0.2, 0.25) is 0 Å². The molecule has 1 atom stereocenters. The Bertz CT molecular complexity index is 722. The number of rotatable bonds is 6. The predicted octanol–water partition coefficient (Wildman–Crippen LogP) is 2.20. The minimum atomic E-state index is -0.905. The summed E-state index contributed by atoms with van der Waals surface area (Å²) in [7, 11) is 0. The largest absolute Gasteiger partial charge is 0.481 e. The van der Waals surface area contributed by atoms with E-state index in [4.69, 9.17) is 9.15 Å². The molecule has 1 aliphatic rings. The number of carbonyl (C=O) groups is 2. The molecule has 1 fully saturated rings. The first-order valence-electron chi connectivity index (χ1n) is 8.25. The molecule has 2 aromatic rings. The summed E-state index contributed by atoms with van der Waals surface area (Å²) in [5.41, 5.74) is 0.905. The lowest BCUT2D eigenvalue weighted by Gasteiger charge is -2.27. The van der Waals surface area contributed by atoms with Gasteiger partial charge in [0.2, 0.25) is 5.89 Å². The van der Waals surface area contributed by atoms with Crippen LogP contribution in [0.1, 0.15) is 23.3 Å². The zero-order chi connectivity index (χ0) is 17.6. The Hall–Kier alpha value is -2.67. The second kappa shape index (κ2) is 7.94. The number of hydrogen-bond acceptors (Lipinski definition) is 5. The topological polar surface area (TPSA) is 102 Å². The van der Waals surface area contributed by atoms with Crippen molar-refractivity contribution in [3.05, 3.63) is 42.3 Å². The average Bonchev–Trinajstić information content (AvgIpc) is 3.13. The zero-order valence-corrected chi connectivity index (χ0v) is 13.7. The first kappa shape index (κ1) is 17.2. The number of carboxylic acid groups (broad SMARTS) is 1. The van der Waals surface area contributed by atoms with Crippen LogP contribution in [0.25, 0.3) is 11.5 Å². The maximum absolute atomic E-state index is 12.2. The Labute approximate surface area is 145 Å². The fourth-order valence-electron chi connectivity index (χ4n) is 2.96. The van der Waals surface area contributed by atoms with Crippen LogP contribution in [0.4, 0.5) is 0 Å². The van der Waals surface area contributed by atoms with Gasteiger partial charge < -0.3 is 19.6 Å². The number of carbonyl (C=O) groups excluding carboxylic acids is 1. The van der Waals surface area contributed by atoms with E-state index in [0.717, 1.165) is 5.56 Å². The van der Waals surface area contributed by atoms with Gasteiger partial charge in [0.15, 0.2) is 5.69 Å². The Morgan fingerprint density at radius 1 is 1.24 bits per heavy atom. The summed E-state index contributed by atoms with van der Waals surface area (Å²) in [4.78, 5) is 27.9. The molecule has 1 amide bonds. The Balaban J connectivity index is 1.61. The molecule has 7 heteroatoms. The lowest BCUT2D eigenvalue weighted by atomic mass is 9.86. The monoisotopic (exact) mass is 344 g/mol. The lowest BCUT2D eigenvalue weighted by molar-refractivity contribution is -0.144. The van der Waals surface area contributed by atoms with E-state index in [-0.39, 0.29) is 18.2 Å². The van der Waals surface area contributed by atoms with Gasteiger partial charge in [0, 0.05) is 25.3 Å². The maximum Gasteiger partial charge on any atom is 0.308 e. The van der Waals surface area contributed by atoms with Crippen molar-refractivity contribution in [3.8, 4) is 11.5 Å². The number of nitrogens with zero attached hydrogens (tertiary/aromatic N) is 1.